The van der Waals surface area contributed by atoms with Crippen molar-refractivity contribution in [1.29, 1.82) is 0 Å². The fourth-order valence-corrected chi connectivity index (χ4v) is 1.01. The molecule has 2 amide bonds. The van der Waals surface area contributed by atoms with Crippen LogP contribution >= 0.6 is 0 Å². The van der Waals surface area contributed by atoms with Crippen LogP contribution in [0.4, 0.5) is 4.79 Å². The van der Waals surface area contributed by atoms with Crippen LogP contribution < -0.4 is 5.32 Å². The highest BCUT2D eigenvalue weighted by Gasteiger charge is 2.06. The van der Waals surface area contributed by atoms with Gasteiger partial charge < -0.3 is 15.0 Å². The molecular weight excluding hydrogens is 196 g/mol. The summed E-state index contributed by atoms with van der Waals surface area (Å²) < 4.78 is 4.67. The lowest BCUT2D eigenvalue weighted by Crippen LogP contribution is -2.37. The van der Waals surface area contributed by atoms with Gasteiger partial charge in [-0.15, -0.1) is 6.58 Å². The van der Waals surface area contributed by atoms with Crippen LogP contribution in [0.1, 0.15) is 13.8 Å². The number of hydrogen-bond donors (Lipinski definition) is 1. The first-order valence-corrected chi connectivity index (χ1v) is 4.88. The minimum Gasteiger partial charge on any atom is -0.450 e. The van der Waals surface area contributed by atoms with Gasteiger partial charge in [0.15, 0.2) is 0 Å². The summed E-state index contributed by atoms with van der Waals surface area (Å²) in [7, 11) is 0. The predicted octanol–water partition coefficient (Wildman–Crippen LogP) is 0.767. The van der Waals surface area contributed by atoms with Crippen molar-refractivity contribution in [2.45, 2.75) is 13.8 Å². The third-order valence-electron chi connectivity index (χ3n) is 1.72. The Bertz CT molecular complexity index is 229. The maximum atomic E-state index is 11.1. The summed E-state index contributed by atoms with van der Waals surface area (Å²) in [4.78, 5) is 23.5. The SMILES string of the molecule is C=CCN(CCNC(=O)OCC)C(C)=O. The van der Waals surface area contributed by atoms with Crippen molar-refractivity contribution in [2.24, 2.45) is 0 Å². The van der Waals surface area contributed by atoms with Crippen molar-refractivity contribution in [3.05, 3.63) is 12.7 Å². The molecule has 0 heterocycles. The molecule has 15 heavy (non-hydrogen) atoms. The Hall–Kier alpha value is -1.52. The topological polar surface area (TPSA) is 58.6 Å². The van der Waals surface area contributed by atoms with Crippen molar-refractivity contribution >= 4 is 12.0 Å². The normalized spacial score (nSPS) is 9.20. The van der Waals surface area contributed by atoms with E-state index in [0.29, 0.717) is 26.2 Å². The zero-order valence-electron chi connectivity index (χ0n) is 9.28. The zero-order chi connectivity index (χ0) is 11.7. The highest BCUT2D eigenvalue weighted by molar-refractivity contribution is 5.73. The van der Waals surface area contributed by atoms with E-state index >= 15 is 0 Å². The standard InChI is InChI=1S/C10H18N2O3/c1-4-7-12(9(3)13)8-6-11-10(14)15-5-2/h4H,1,5-8H2,2-3H3,(H,11,14). The molecule has 0 saturated carbocycles. The molecule has 0 bridgehead atoms. The molecule has 5 heteroatoms. The van der Waals surface area contributed by atoms with Gasteiger partial charge in [0.05, 0.1) is 6.61 Å². The first-order valence-electron chi connectivity index (χ1n) is 4.88. The molecule has 0 aliphatic heterocycles. The van der Waals surface area contributed by atoms with Crippen LogP contribution in [0.2, 0.25) is 0 Å². The summed E-state index contributed by atoms with van der Waals surface area (Å²) in [5.74, 6) is -0.0411. The largest absolute Gasteiger partial charge is 0.450 e. The molecule has 0 rings (SSSR count). The quantitative estimate of drug-likeness (QED) is 0.664. The van der Waals surface area contributed by atoms with Gasteiger partial charge in [0.2, 0.25) is 5.91 Å². The van der Waals surface area contributed by atoms with E-state index in [2.05, 4.69) is 16.6 Å². The maximum Gasteiger partial charge on any atom is 0.407 e. The van der Waals surface area contributed by atoms with Crippen LogP contribution in [0.15, 0.2) is 12.7 Å². The van der Waals surface area contributed by atoms with Crippen LogP contribution in [0.3, 0.4) is 0 Å². The summed E-state index contributed by atoms with van der Waals surface area (Å²) in [6.07, 6.45) is 1.19. The third-order valence-corrected chi connectivity index (χ3v) is 1.72. The Morgan fingerprint density at radius 1 is 1.53 bits per heavy atom. The molecule has 0 aliphatic carbocycles. The molecule has 1 N–H and O–H groups in total. The van der Waals surface area contributed by atoms with Crippen molar-refractivity contribution in [3.8, 4) is 0 Å². The summed E-state index contributed by atoms with van der Waals surface area (Å²) in [6.45, 7) is 8.43. The summed E-state index contributed by atoms with van der Waals surface area (Å²) >= 11 is 0. The van der Waals surface area contributed by atoms with Crippen LogP contribution in [-0.2, 0) is 9.53 Å². The number of alkyl carbamates (subject to hydrolysis) is 1. The van der Waals surface area contributed by atoms with E-state index in [1.165, 1.54) is 6.92 Å². The molecule has 0 saturated heterocycles. The van der Waals surface area contributed by atoms with E-state index in [4.69, 9.17) is 0 Å². The van der Waals surface area contributed by atoms with Gasteiger partial charge in [-0.1, -0.05) is 6.08 Å². The summed E-state index contributed by atoms with van der Waals surface area (Å²) in [5, 5.41) is 2.54. The van der Waals surface area contributed by atoms with Gasteiger partial charge in [0.25, 0.3) is 0 Å². The molecule has 0 aliphatic rings. The lowest BCUT2D eigenvalue weighted by molar-refractivity contribution is -0.128. The average molecular weight is 214 g/mol. The highest BCUT2D eigenvalue weighted by atomic mass is 16.5. The van der Waals surface area contributed by atoms with Crippen molar-refractivity contribution < 1.29 is 14.3 Å². The van der Waals surface area contributed by atoms with Crippen LogP contribution in [-0.4, -0.2) is 43.1 Å². The number of rotatable bonds is 6. The average Bonchev–Trinajstić information content (AvgIpc) is 2.16. The van der Waals surface area contributed by atoms with E-state index in [1.807, 2.05) is 0 Å². The van der Waals surface area contributed by atoms with Crippen molar-refractivity contribution in [1.82, 2.24) is 10.2 Å². The molecule has 0 aromatic rings. The Morgan fingerprint density at radius 2 is 2.20 bits per heavy atom. The molecule has 0 atom stereocenters. The molecule has 0 aromatic heterocycles. The molecule has 0 spiro atoms. The Morgan fingerprint density at radius 3 is 2.67 bits per heavy atom. The minimum atomic E-state index is -0.459. The van der Waals surface area contributed by atoms with Gasteiger partial charge in [0.1, 0.15) is 0 Å². The van der Waals surface area contributed by atoms with Gasteiger partial charge in [-0.05, 0) is 6.92 Å². The third kappa shape index (κ3) is 6.54. The molecule has 0 aromatic carbocycles. The molecular formula is C10H18N2O3. The first-order chi connectivity index (χ1) is 7.11. The molecule has 86 valence electrons. The first kappa shape index (κ1) is 13.5. The molecule has 0 unspecified atom stereocenters. The Labute approximate surface area is 90.1 Å². The number of amides is 2. The summed E-state index contributed by atoms with van der Waals surface area (Å²) in [5.41, 5.74) is 0. The van der Waals surface area contributed by atoms with Gasteiger partial charge in [0, 0.05) is 26.6 Å². The fourth-order valence-electron chi connectivity index (χ4n) is 1.01. The smallest absolute Gasteiger partial charge is 0.407 e. The van der Waals surface area contributed by atoms with E-state index in [9.17, 15) is 9.59 Å². The highest BCUT2D eigenvalue weighted by Crippen LogP contribution is 1.88. The van der Waals surface area contributed by atoms with Crippen LogP contribution in [0.5, 0.6) is 0 Å². The molecule has 0 radical (unpaired) electrons. The van der Waals surface area contributed by atoms with Gasteiger partial charge in [-0.3, -0.25) is 4.79 Å². The van der Waals surface area contributed by atoms with Gasteiger partial charge in [-0.2, -0.15) is 0 Å². The number of ether oxygens (including phenoxy) is 1. The lowest BCUT2D eigenvalue weighted by atomic mass is 10.4. The second-order valence-corrected chi connectivity index (χ2v) is 2.90. The minimum absolute atomic E-state index is 0.0411. The lowest BCUT2D eigenvalue weighted by Gasteiger charge is -2.18. The molecule has 5 nitrogen and oxygen atoms in total. The number of carbonyl (C=O) groups is 2. The van der Waals surface area contributed by atoms with E-state index in [-0.39, 0.29) is 5.91 Å². The van der Waals surface area contributed by atoms with Crippen molar-refractivity contribution in [3.63, 3.8) is 0 Å². The fraction of sp³-hybridized carbons (Fsp3) is 0.600. The van der Waals surface area contributed by atoms with E-state index in [0.717, 1.165) is 0 Å². The predicted molar refractivity (Wildman–Crippen MR) is 57.5 cm³/mol. The molecule has 0 fully saturated rings. The second-order valence-electron chi connectivity index (χ2n) is 2.90. The van der Waals surface area contributed by atoms with E-state index in [1.54, 1.807) is 17.9 Å². The van der Waals surface area contributed by atoms with Crippen molar-refractivity contribution in [2.75, 3.05) is 26.2 Å². The van der Waals surface area contributed by atoms with Gasteiger partial charge in [-0.25, -0.2) is 4.79 Å². The Balaban J connectivity index is 3.75. The van der Waals surface area contributed by atoms with Crippen LogP contribution in [0, 0.1) is 0 Å². The number of nitrogens with one attached hydrogen (secondary N) is 1. The number of hydrogen-bond acceptors (Lipinski definition) is 3. The van der Waals surface area contributed by atoms with Crippen LogP contribution in [0.25, 0.3) is 0 Å². The maximum absolute atomic E-state index is 11.1. The number of nitrogens with zero attached hydrogens (tertiary/aromatic N) is 1. The van der Waals surface area contributed by atoms with E-state index < -0.39 is 6.09 Å². The zero-order valence-corrected chi connectivity index (χ0v) is 9.28. The summed E-state index contributed by atoms with van der Waals surface area (Å²) in [6, 6.07) is 0. The monoisotopic (exact) mass is 214 g/mol. The number of carbonyl (C=O) groups excluding carboxylic acids is 2. The Kier molecular flexibility index (Phi) is 7.05. The van der Waals surface area contributed by atoms with Gasteiger partial charge >= 0.3 is 6.09 Å². The second kappa shape index (κ2) is 7.84.